The van der Waals surface area contributed by atoms with Gasteiger partial charge in [0, 0.05) is 13.7 Å². The molecule has 0 aromatic heterocycles. The fraction of sp³-hybridized carbons (Fsp3) is 0.588. The molecule has 1 N–H and O–H groups in total. The van der Waals surface area contributed by atoms with Gasteiger partial charge in [0.15, 0.2) is 5.60 Å². The second-order valence-corrected chi connectivity index (χ2v) is 6.78. The van der Waals surface area contributed by atoms with Gasteiger partial charge in [-0.15, -0.1) is 0 Å². The Balaban J connectivity index is 1.56. The van der Waals surface area contributed by atoms with E-state index in [4.69, 9.17) is 0 Å². The maximum Gasteiger partial charge on any atom is 0.417 e. The van der Waals surface area contributed by atoms with Crippen LogP contribution in [-0.4, -0.2) is 43.9 Å². The number of benzene rings is 1. The van der Waals surface area contributed by atoms with E-state index >= 15 is 0 Å². The summed E-state index contributed by atoms with van der Waals surface area (Å²) < 4.78 is 71.2. The van der Waals surface area contributed by atoms with Gasteiger partial charge in [-0.2, -0.15) is 13.2 Å². The number of nitrogens with zero attached hydrogens (tertiary/aromatic N) is 1. The highest BCUT2D eigenvalue weighted by molar-refractivity contribution is 5.99. The summed E-state index contributed by atoms with van der Waals surface area (Å²) >= 11 is 0. The predicted octanol–water partition coefficient (Wildman–Crippen LogP) is 3.02. The minimum absolute atomic E-state index is 0.142. The summed E-state index contributed by atoms with van der Waals surface area (Å²) in [5, 5.41) is 2.93. The SMILES string of the molecule is COC1(C(F)(F)F)CC(CNC2CCN(c3c(F)cccc3F)C2=O)C1. The van der Waals surface area contributed by atoms with Gasteiger partial charge in [-0.3, -0.25) is 4.79 Å². The maximum atomic E-state index is 13.8. The first-order chi connectivity index (χ1) is 12.2. The van der Waals surface area contributed by atoms with Crippen LogP contribution in [0.1, 0.15) is 19.3 Å². The van der Waals surface area contributed by atoms with Crippen LogP contribution in [0.15, 0.2) is 18.2 Å². The van der Waals surface area contributed by atoms with E-state index < -0.39 is 35.4 Å². The van der Waals surface area contributed by atoms with Crippen LogP contribution in [0.3, 0.4) is 0 Å². The second kappa shape index (κ2) is 6.77. The number of para-hydroxylation sites is 1. The zero-order chi connectivity index (χ0) is 19.1. The first kappa shape index (κ1) is 19.0. The molecule has 144 valence electrons. The molecule has 2 aliphatic rings. The number of hydrogen-bond donors (Lipinski definition) is 1. The fourth-order valence-corrected chi connectivity index (χ4v) is 3.68. The van der Waals surface area contributed by atoms with Crippen molar-refractivity contribution >= 4 is 11.6 Å². The molecule has 9 heteroatoms. The molecule has 2 fully saturated rings. The molecule has 0 bridgehead atoms. The minimum Gasteiger partial charge on any atom is -0.369 e. The van der Waals surface area contributed by atoms with Crippen molar-refractivity contribution in [2.24, 2.45) is 5.92 Å². The van der Waals surface area contributed by atoms with Gasteiger partial charge >= 0.3 is 6.18 Å². The van der Waals surface area contributed by atoms with Crippen molar-refractivity contribution in [3.05, 3.63) is 29.8 Å². The number of carbonyl (C=O) groups is 1. The number of ether oxygens (including phenoxy) is 1. The number of hydrogen-bond acceptors (Lipinski definition) is 3. The van der Waals surface area contributed by atoms with Crippen LogP contribution in [0.25, 0.3) is 0 Å². The second-order valence-electron chi connectivity index (χ2n) is 6.78. The zero-order valence-corrected chi connectivity index (χ0v) is 14.1. The van der Waals surface area contributed by atoms with E-state index in [2.05, 4.69) is 10.1 Å². The maximum absolute atomic E-state index is 13.8. The van der Waals surface area contributed by atoms with Crippen LogP contribution < -0.4 is 10.2 Å². The molecular formula is C17H19F5N2O2. The summed E-state index contributed by atoms with van der Waals surface area (Å²) in [7, 11) is 1.04. The Morgan fingerprint density at radius 2 is 1.88 bits per heavy atom. The first-order valence-corrected chi connectivity index (χ1v) is 8.29. The van der Waals surface area contributed by atoms with Crippen molar-refractivity contribution in [1.29, 1.82) is 0 Å². The van der Waals surface area contributed by atoms with Crippen molar-refractivity contribution in [3.8, 4) is 0 Å². The lowest BCUT2D eigenvalue weighted by atomic mass is 9.70. The number of carbonyl (C=O) groups excluding carboxylic acids is 1. The molecule has 0 spiro atoms. The van der Waals surface area contributed by atoms with E-state index in [1.807, 2.05) is 0 Å². The third-order valence-electron chi connectivity index (χ3n) is 5.21. The number of rotatable bonds is 5. The first-order valence-electron chi connectivity index (χ1n) is 8.29. The van der Waals surface area contributed by atoms with Gasteiger partial charge in [-0.05, 0) is 43.9 Å². The van der Waals surface area contributed by atoms with E-state index in [0.29, 0.717) is 6.42 Å². The Morgan fingerprint density at radius 3 is 2.42 bits per heavy atom. The van der Waals surface area contributed by atoms with Gasteiger partial charge in [0.2, 0.25) is 5.91 Å². The van der Waals surface area contributed by atoms with Gasteiger partial charge in [-0.25, -0.2) is 8.78 Å². The molecule has 1 aliphatic carbocycles. The van der Waals surface area contributed by atoms with Gasteiger partial charge in [0.1, 0.15) is 17.3 Å². The van der Waals surface area contributed by atoms with E-state index in [1.54, 1.807) is 0 Å². The molecule has 1 saturated heterocycles. The number of anilines is 1. The van der Waals surface area contributed by atoms with Crippen molar-refractivity contribution in [3.63, 3.8) is 0 Å². The Kier molecular flexibility index (Phi) is 4.96. The number of alkyl halides is 3. The number of nitrogens with one attached hydrogen (secondary N) is 1. The molecule has 26 heavy (non-hydrogen) atoms. The molecule has 1 unspecified atom stereocenters. The molecule has 3 rings (SSSR count). The average Bonchev–Trinajstić information content (AvgIpc) is 2.86. The monoisotopic (exact) mass is 378 g/mol. The van der Waals surface area contributed by atoms with Gasteiger partial charge in [-0.1, -0.05) is 6.07 Å². The van der Waals surface area contributed by atoms with E-state index in [9.17, 15) is 26.7 Å². The number of methoxy groups -OCH3 is 1. The van der Waals surface area contributed by atoms with Crippen LogP contribution in [-0.2, 0) is 9.53 Å². The van der Waals surface area contributed by atoms with E-state index in [1.165, 1.54) is 6.07 Å². The van der Waals surface area contributed by atoms with Crippen molar-refractivity contribution in [1.82, 2.24) is 5.32 Å². The minimum atomic E-state index is -4.43. The molecular weight excluding hydrogens is 359 g/mol. The summed E-state index contributed by atoms with van der Waals surface area (Å²) in [6.45, 7) is 0.356. The smallest absolute Gasteiger partial charge is 0.369 e. The molecule has 1 aromatic carbocycles. The number of halogens is 5. The Morgan fingerprint density at radius 1 is 1.27 bits per heavy atom. The number of amides is 1. The average molecular weight is 378 g/mol. The standard InChI is InChI=1S/C17H19F5N2O2/c1-26-16(17(20,21)22)7-10(8-16)9-23-13-5-6-24(15(13)25)14-11(18)3-2-4-12(14)19/h2-4,10,13,23H,5-9H2,1H3. The summed E-state index contributed by atoms with van der Waals surface area (Å²) in [6, 6.07) is 2.69. The molecule has 1 heterocycles. The third kappa shape index (κ3) is 3.18. The summed E-state index contributed by atoms with van der Waals surface area (Å²) in [5.41, 5.74) is -2.50. The van der Waals surface area contributed by atoms with Crippen LogP contribution in [0.4, 0.5) is 27.6 Å². The van der Waals surface area contributed by atoms with Crippen molar-refractivity contribution < 1.29 is 31.5 Å². The molecule has 1 aromatic rings. The quantitative estimate of drug-likeness (QED) is 0.801. The van der Waals surface area contributed by atoms with Gasteiger partial charge in [0.25, 0.3) is 0 Å². The Labute approximate surface area is 147 Å². The van der Waals surface area contributed by atoms with Crippen molar-refractivity contribution in [2.75, 3.05) is 25.1 Å². The van der Waals surface area contributed by atoms with E-state index in [0.717, 1.165) is 24.1 Å². The highest BCUT2D eigenvalue weighted by Crippen LogP contribution is 2.50. The Hall–Kier alpha value is -1.74. The largest absolute Gasteiger partial charge is 0.417 e. The summed E-state index contributed by atoms with van der Waals surface area (Å²) in [4.78, 5) is 13.4. The Bertz CT molecular complexity index is 668. The highest BCUT2D eigenvalue weighted by atomic mass is 19.4. The topological polar surface area (TPSA) is 41.6 Å². The van der Waals surface area contributed by atoms with E-state index in [-0.39, 0.29) is 37.5 Å². The highest BCUT2D eigenvalue weighted by Gasteiger charge is 2.62. The molecule has 1 amide bonds. The molecule has 0 radical (unpaired) electrons. The fourth-order valence-electron chi connectivity index (χ4n) is 3.68. The van der Waals surface area contributed by atoms with Gasteiger partial charge < -0.3 is 15.0 Å². The normalized spacial score (nSPS) is 29.2. The van der Waals surface area contributed by atoms with Crippen molar-refractivity contribution in [2.45, 2.75) is 37.1 Å². The zero-order valence-electron chi connectivity index (χ0n) is 14.1. The summed E-state index contributed by atoms with van der Waals surface area (Å²) in [5.74, 6) is -2.41. The molecule has 1 saturated carbocycles. The molecule has 1 atom stereocenters. The summed E-state index contributed by atoms with van der Waals surface area (Å²) in [6.07, 6.45) is -4.45. The lowest BCUT2D eigenvalue weighted by Gasteiger charge is -2.47. The predicted molar refractivity (Wildman–Crippen MR) is 83.6 cm³/mol. The van der Waals surface area contributed by atoms with Crippen LogP contribution >= 0.6 is 0 Å². The molecule has 4 nitrogen and oxygen atoms in total. The lowest BCUT2D eigenvalue weighted by molar-refractivity contribution is -0.308. The lowest BCUT2D eigenvalue weighted by Crippen LogP contribution is -2.59. The van der Waals surface area contributed by atoms with Crippen LogP contribution in [0.2, 0.25) is 0 Å². The third-order valence-corrected chi connectivity index (χ3v) is 5.21. The van der Waals surface area contributed by atoms with Gasteiger partial charge in [0.05, 0.1) is 6.04 Å². The molecule has 1 aliphatic heterocycles. The van der Waals surface area contributed by atoms with Crippen LogP contribution in [0.5, 0.6) is 0 Å². The van der Waals surface area contributed by atoms with Crippen LogP contribution in [0, 0.1) is 17.6 Å².